The summed E-state index contributed by atoms with van der Waals surface area (Å²) in [7, 11) is 1.61. The molecule has 0 aromatic heterocycles. The van der Waals surface area contributed by atoms with Crippen molar-refractivity contribution in [3.63, 3.8) is 0 Å². The van der Waals surface area contributed by atoms with Gasteiger partial charge in [0, 0.05) is 19.2 Å². The second-order valence-electron chi connectivity index (χ2n) is 5.83. The van der Waals surface area contributed by atoms with Crippen LogP contribution in [0.25, 0.3) is 0 Å². The number of methoxy groups -OCH3 is 1. The number of amides is 2. The number of rotatable bonds is 8. The van der Waals surface area contributed by atoms with Gasteiger partial charge in [0.05, 0.1) is 12.8 Å². The molecule has 7 nitrogen and oxygen atoms in total. The Morgan fingerprint density at radius 3 is 2.26 bits per heavy atom. The zero-order chi connectivity index (χ0) is 19.6. The second kappa shape index (κ2) is 9.96. The smallest absolute Gasteiger partial charge is 0.261 e. The van der Waals surface area contributed by atoms with E-state index in [1.807, 2.05) is 36.4 Å². The lowest BCUT2D eigenvalue weighted by molar-refractivity contribution is -0.125. The van der Waals surface area contributed by atoms with E-state index in [2.05, 4.69) is 15.8 Å². The summed E-state index contributed by atoms with van der Waals surface area (Å²) in [6.07, 6.45) is 0. The number of hydrogen-bond donors (Lipinski definition) is 2. The molecule has 2 amide bonds. The quantitative estimate of drug-likeness (QED) is 0.553. The summed E-state index contributed by atoms with van der Waals surface area (Å²) < 4.78 is 5.09. The Hall–Kier alpha value is -3.35. The van der Waals surface area contributed by atoms with Crippen LogP contribution in [0, 0.1) is 0 Å². The molecule has 0 radical (unpaired) electrons. The van der Waals surface area contributed by atoms with Crippen molar-refractivity contribution >= 4 is 23.2 Å². The third-order valence-corrected chi connectivity index (χ3v) is 3.67. The van der Waals surface area contributed by atoms with E-state index in [4.69, 9.17) is 9.57 Å². The molecule has 0 aliphatic rings. The van der Waals surface area contributed by atoms with E-state index in [0.29, 0.717) is 17.9 Å². The number of carbonyl (C=O) groups excluding carboxylic acids is 2. The molecule has 2 aromatic rings. The second-order valence-corrected chi connectivity index (χ2v) is 5.83. The van der Waals surface area contributed by atoms with E-state index in [0.717, 1.165) is 16.9 Å². The first kappa shape index (κ1) is 20.0. The Morgan fingerprint density at radius 1 is 1.00 bits per heavy atom. The molecule has 0 spiro atoms. The zero-order valence-corrected chi connectivity index (χ0v) is 15.6. The molecule has 2 N–H and O–H groups in total. The molecule has 142 valence electrons. The molecular formula is C20H23N3O4. The van der Waals surface area contributed by atoms with Gasteiger partial charge in [0.2, 0.25) is 5.91 Å². The highest BCUT2D eigenvalue weighted by atomic mass is 16.6. The summed E-state index contributed by atoms with van der Waals surface area (Å²) in [6, 6.07) is 14.6. The van der Waals surface area contributed by atoms with Gasteiger partial charge in [-0.3, -0.25) is 9.59 Å². The van der Waals surface area contributed by atoms with Crippen LogP contribution in [0.3, 0.4) is 0 Å². The highest BCUT2D eigenvalue weighted by Crippen LogP contribution is 2.11. The van der Waals surface area contributed by atoms with E-state index < -0.39 is 0 Å². The highest BCUT2D eigenvalue weighted by Gasteiger charge is 2.04. The molecule has 27 heavy (non-hydrogen) atoms. The summed E-state index contributed by atoms with van der Waals surface area (Å²) >= 11 is 0. The summed E-state index contributed by atoms with van der Waals surface area (Å²) in [6.45, 7) is 3.47. The van der Waals surface area contributed by atoms with Crippen LogP contribution in [-0.4, -0.2) is 31.2 Å². The lowest BCUT2D eigenvalue weighted by Gasteiger charge is -2.07. The maximum absolute atomic E-state index is 11.8. The van der Waals surface area contributed by atoms with Crippen LogP contribution >= 0.6 is 0 Å². The molecule has 0 atom stereocenters. The van der Waals surface area contributed by atoms with Gasteiger partial charge in [-0.15, -0.1) is 0 Å². The van der Waals surface area contributed by atoms with Gasteiger partial charge in [0.1, 0.15) is 5.75 Å². The van der Waals surface area contributed by atoms with Crippen LogP contribution in [0.5, 0.6) is 5.75 Å². The fourth-order valence-corrected chi connectivity index (χ4v) is 2.23. The van der Waals surface area contributed by atoms with Crippen LogP contribution in [0.1, 0.15) is 25.0 Å². The SMILES string of the molecule is COc1ccc(CNC(=O)CO/N=C(\C)c2ccc(NC(C)=O)cc2)cc1. The maximum Gasteiger partial charge on any atom is 0.261 e. The van der Waals surface area contributed by atoms with Gasteiger partial charge in [0.25, 0.3) is 5.91 Å². The van der Waals surface area contributed by atoms with E-state index in [1.165, 1.54) is 6.92 Å². The lowest BCUT2D eigenvalue weighted by atomic mass is 10.1. The number of hydrogen-bond acceptors (Lipinski definition) is 5. The van der Waals surface area contributed by atoms with Gasteiger partial charge in [-0.2, -0.15) is 0 Å². The van der Waals surface area contributed by atoms with Crippen LogP contribution in [0.15, 0.2) is 53.7 Å². The van der Waals surface area contributed by atoms with Crippen molar-refractivity contribution in [2.45, 2.75) is 20.4 Å². The number of ether oxygens (including phenoxy) is 1. The zero-order valence-electron chi connectivity index (χ0n) is 15.6. The van der Waals surface area contributed by atoms with Crippen LogP contribution < -0.4 is 15.4 Å². The van der Waals surface area contributed by atoms with Crippen molar-refractivity contribution in [1.82, 2.24) is 5.32 Å². The van der Waals surface area contributed by atoms with Gasteiger partial charge in [0.15, 0.2) is 6.61 Å². The van der Waals surface area contributed by atoms with Gasteiger partial charge < -0.3 is 20.2 Å². The third-order valence-electron chi connectivity index (χ3n) is 3.67. The number of oxime groups is 1. The predicted octanol–water partition coefficient (Wildman–Crippen LogP) is 2.71. The first-order valence-electron chi connectivity index (χ1n) is 8.42. The first-order valence-corrected chi connectivity index (χ1v) is 8.42. The number of nitrogens with one attached hydrogen (secondary N) is 2. The lowest BCUT2D eigenvalue weighted by Crippen LogP contribution is -2.26. The van der Waals surface area contributed by atoms with Crippen LogP contribution in [-0.2, 0) is 21.0 Å². The molecule has 0 saturated heterocycles. The Balaban J connectivity index is 1.77. The van der Waals surface area contributed by atoms with E-state index >= 15 is 0 Å². The van der Waals surface area contributed by atoms with Gasteiger partial charge >= 0.3 is 0 Å². The van der Waals surface area contributed by atoms with Crippen molar-refractivity contribution in [2.75, 3.05) is 19.0 Å². The molecule has 0 fully saturated rings. The summed E-state index contributed by atoms with van der Waals surface area (Å²) in [5, 5.41) is 9.41. The Bertz CT molecular complexity index is 799. The van der Waals surface area contributed by atoms with Gasteiger partial charge in [-0.05, 0) is 42.3 Å². The molecule has 7 heteroatoms. The van der Waals surface area contributed by atoms with E-state index in [1.54, 1.807) is 26.2 Å². The minimum absolute atomic E-state index is 0.128. The topological polar surface area (TPSA) is 89.0 Å². The summed E-state index contributed by atoms with van der Waals surface area (Å²) in [4.78, 5) is 28.0. The molecule has 0 bridgehead atoms. The van der Waals surface area contributed by atoms with Crippen molar-refractivity contribution in [3.8, 4) is 5.75 Å². The van der Waals surface area contributed by atoms with E-state index in [9.17, 15) is 9.59 Å². The third kappa shape index (κ3) is 6.81. The van der Waals surface area contributed by atoms with Crippen molar-refractivity contribution in [2.24, 2.45) is 5.16 Å². The minimum Gasteiger partial charge on any atom is -0.497 e. The minimum atomic E-state index is -0.261. The fourth-order valence-electron chi connectivity index (χ4n) is 2.23. The molecule has 0 aliphatic heterocycles. The average Bonchev–Trinajstić information content (AvgIpc) is 2.66. The monoisotopic (exact) mass is 369 g/mol. The molecule has 0 unspecified atom stereocenters. The molecule has 0 heterocycles. The number of nitrogens with zero attached hydrogens (tertiary/aromatic N) is 1. The fraction of sp³-hybridized carbons (Fsp3) is 0.250. The van der Waals surface area contributed by atoms with Crippen LogP contribution in [0.2, 0.25) is 0 Å². The predicted molar refractivity (Wildman–Crippen MR) is 104 cm³/mol. The summed E-state index contributed by atoms with van der Waals surface area (Å²) in [5.74, 6) is 0.379. The maximum atomic E-state index is 11.8. The normalized spacial score (nSPS) is 10.9. The first-order chi connectivity index (χ1) is 13.0. The molecular weight excluding hydrogens is 346 g/mol. The summed E-state index contributed by atoms with van der Waals surface area (Å²) in [5.41, 5.74) is 3.14. The van der Waals surface area contributed by atoms with Crippen molar-refractivity contribution in [3.05, 3.63) is 59.7 Å². The standard InChI is InChI=1S/C20H23N3O4/c1-14(17-6-8-18(9-7-17)22-15(2)24)23-27-13-20(25)21-12-16-4-10-19(26-3)11-5-16/h4-11H,12-13H2,1-3H3,(H,21,25)(H,22,24)/b23-14+. The Morgan fingerprint density at radius 2 is 1.67 bits per heavy atom. The average molecular weight is 369 g/mol. The van der Waals surface area contributed by atoms with Crippen molar-refractivity contribution < 1.29 is 19.2 Å². The Labute approximate surface area is 158 Å². The highest BCUT2D eigenvalue weighted by molar-refractivity contribution is 5.99. The molecule has 0 aliphatic carbocycles. The number of carbonyl (C=O) groups is 2. The molecule has 2 aromatic carbocycles. The van der Waals surface area contributed by atoms with Crippen LogP contribution in [0.4, 0.5) is 5.69 Å². The largest absolute Gasteiger partial charge is 0.497 e. The van der Waals surface area contributed by atoms with E-state index in [-0.39, 0.29) is 18.4 Å². The number of anilines is 1. The molecule has 0 saturated carbocycles. The number of benzene rings is 2. The van der Waals surface area contributed by atoms with Crippen molar-refractivity contribution in [1.29, 1.82) is 0 Å². The van der Waals surface area contributed by atoms with Gasteiger partial charge in [-0.1, -0.05) is 29.4 Å². The Kier molecular flexibility index (Phi) is 7.37. The van der Waals surface area contributed by atoms with Gasteiger partial charge in [-0.25, -0.2) is 0 Å². The molecule has 2 rings (SSSR count).